The molecule has 0 spiro atoms. The number of hydrogen-bond acceptors (Lipinski definition) is 4. The molecule has 0 fully saturated rings. The second-order valence-electron chi connectivity index (χ2n) is 5.43. The van der Waals surface area contributed by atoms with Crippen molar-refractivity contribution >= 4 is 21.6 Å². The average molecular weight is 312 g/mol. The summed E-state index contributed by atoms with van der Waals surface area (Å²) in [6.45, 7) is 4.28. The van der Waals surface area contributed by atoms with E-state index >= 15 is 0 Å². The van der Waals surface area contributed by atoms with Crippen LogP contribution in [0.1, 0.15) is 18.9 Å². The predicted molar refractivity (Wildman–Crippen MR) is 92.8 cm³/mol. The predicted octanol–water partition coefficient (Wildman–Crippen LogP) is 4.93. The molecule has 0 aliphatic heterocycles. The van der Waals surface area contributed by atoms with Crippen molar-refractivity contribution in [1.29, 1.82) is 0 Å². The molecule has 3 rings (SSSR count). The van der Waals surface area contributed by atoms with Crippen molar-refractivity contribution in [3.63, 3.8) is 0 Å². The summed E-state index contributed by atoms with van der Waals surface area (Å²) in [6.07, 6.45) is 1.18. The van der Waals surface area contributed by atoms with Gasteiger partial charge in [0.05, 0.1) is 10.2 Å². The molecule has 0 aliphatic carbocycles. The molecule has 0 aliphatic rings. The minimum Gasteiger partial charge on any atom is -0.431 e. The molecule has 0 bridgehead atoms. The first-order valence-corrected chi connectivity index (χ1v) is 8.37. The number of benzene rings is 2. The van der Waals surface area contributed by atoms with Gasteiger partial charge in [0.1, 0.15) is 5.75 Å². The zero-order chi connectivity index (χ0) is 15.4. The molecule has 0 saturated carbocycles. The van der Waals surface area contributed by atoms with Gasteiger partial charge in [0.15, 0.2) is 0 Å². The van der Waals surface area contributed by atoms with Crippen LogP contribution >= 0.6 is 11.3 Å². The van der Waals surface area contributed by atoms with Gasteiger partial charge in [-0.1, -0.05) is 42.5 Å². The maximum Gasteiger partial charge on any atom is 0.279 e. The SMILES string of the molecule is CCCN(C)Cc1ccc(Oc2nc3ccccc3s2)cc1. The molecular weight excluding hydrogens is 292 g/mol. The largest absolute Gasteiger partial charge is 0.431 e. The number of aromatic nitrogens is 1. The quantitative estimate of drug-likeness (QED) is 0.645. The summed E-state index contributed by atoms with van der Waals surface area (Å²) in [4.78, 5) is 6.81. The molecule has 0 radical (unpaired) electrons. The van der Waals surface area contributed by atoms with Gasteiger partial charge in [-0.3, -0.25) is 0 Å². The van der Waals surface area contributed by atoms with Gasteiger partial charge in [-0.2, -0.15) is 0 Å². The van der Waals surface area contributed by atoms with Crippen LogP contribution in [0.3, 0.4) is 0 Å². The third-order valence-corrected chi connectivity index (χ3v) is 4.37. The zero-order valence-corrected chi connectivity index (χ0v) is 13.8. The Kier molecular flexibility index (Phi) is 4.71. The van der Waals surface area contributed by atoms with Crippen LogP contribution in [0, 0.1) is 0 Å². The van der Waals surface area contributed by atoms with Crippen molar-refractivity contribution in [1.82, 2.24) is 9.88 Å². The lowest BCUT2D eigenvalue weighted by Crippen LogP contribution is -2.18. The number of para-hydroxylation sites is 1. The van der Waals surface area contributed by atoms with Gasteiger partial charge < -0.3 is 9.64 Å². The highest BCUT2D eigenvalue weighted by molar-refractivity contribution is 7.20. The zero-order valence-electron chi connectivity index (χ0n) is 13.0. The fourth-order valence-electron chi connectivity index (χ4n) is 2.43. The van der Waals surface area contributed by atoms with Crippen LogP contribution in [0.2, 0.25) is 0 Å². The van der Waals surface area contributed by atoms with Gasteiger partial charge in [-0.25, -0.2) is 4.98 Å². The molecular formula is C18H20N2OS. The lowest BCUT2D eigenvalue weighted by Gasteiger charge is -2.15. The van der Waals surface area contributed by atoms with Gasteiger partial charge in [-0.15, -0.1) is 0 Å². The number of nitrogens with zero attached hydrogens (tertiary/aromatic N) is 2. The van der Waals surface area contributed by atoms with Crippen molar-refractivity contribution in [2.45, 2.75) is 19.9 Å². The van der Waals surface area contributed by atoms with E-state index in [2.05, 4.69) is 42.1 Å². The van der Waals surface area contributed by atoms with E-state index in [1.165, 1.54) is 12.0 Å². The highest BCUT2D eigenvalue weighted by Gasteiger charge is 2.06. The van der Waals surface area contributed by atoms with Gasteiger partial charge in [-0.05, 0) is 49.8 Å². The molecule has 1 aromatic heterocycles. The number of thiazole rings is 1. The molecule has 0 amide bonds. The molecule has 2 aromatic carbocycles. The molecule has 4 heteroatoms. The van der Waals surface area contributed by atoms with Crippen LogP contribution in [0.4, 0.5) is 0 Å². The molecule has 0 unspecified atom stereocenters. The average Bonchev–Trinajstić information content (AvgIpc) is 2.91. The summed E-state index contributed by atoms with van der Waals surface area (Å²) in [5.41, 5.74) is 2.29. The van der Waals surface area contributed by atoms with E-state index in [-0.39, 0.29) is 0 Å². The van der Waals surface area contributed by atoms with E-state index in [1.807, 2.05) is 30.3 Å². The summed E-state index contributed by atoms with van der Waals surface area (Å²) in [7, 11) is 2.15. The minimum atomic E-state index is 0.692. The molecule has 0 N–H and O–H groups in total. The molecule has 3 aromatic rings. The fraction of sp³-hybridized carbons (Fsp3) is 0.278. The first-order valence-electron chi connectivity index (χ1n) is 7.55. The first kappa shape index (κ1) is 15.0. The van der Waals surface area contributed by atoms with Gasteiger partial charge in [0.2, 0.25) is 0 Å². The van der Waals surface area contributed by atoms with Crippen LogP contribution in [-0.4, -0.2) is 23.5 Å². The Bertz CT molecular complexity index is 703. The smallest absolute Gasteiger partial charge is 0.279 e. The Morgan fingerprint density at radius 3 is 2.59 bits per heavy atom. The van der Waals surface area contributed by atoms with E-state index < -0.39 is 0 Å². The lowest BCUT2D eigenvalue weighted by molar-refractivity contribution is 0.327. The first-order chi connectivity index (χ1) is 10.7. The molecule has 3 nitrogen and oxygen atoms in total. The summed E-state index contributed by atoms with van der Waals surface area (Å²) in [6, 6.07) is 16.4. The highest BCUT2D eigenvalue weighted by atomic mass is 32.1. The van der Waals surface area contributed by atoms with Gasteiger partial charge in [0, 0.05) is 6.54 Å². The number of ether oxygens (including phenoxy) is 1. The van der Waals surface area contributed by atoms with E-state index in [4.69, 9.17) is 4.74 Å². The van der Waals surface area contributed by atoms with Crippen molar-refractivity contribution in [2.75, 3.05) is 13.6 Å². The Morgan fingerprint density at radius 2 is 1.86 bits per heavy atom. The maximum absolute atomic E-state index is 5.86. The third-order valence-electron chi connectivity index (χ3n) is 3.46. The van der Waals surface area contributed by atoms with Crippen molar-refractivity contribution in [3.8, 4) is 10.9 Å². The summed E-state index contributed by atoms with van der Waals surface area (Å²) < 4.78 is 7.01. The fourth-order valence-corrected chi connectivity index (χ4v) is 3.27. The second-order valence-corrected chi connectivity index (χ2v) is 6.42. The lowest BCUT2D eigenvalue weighted by atomic mass is 10.2. The molecule has 22 heavy (non-hydrogen) atoms. The van der Waals surface area contributed by atoms with Crippen LogP contribution in [0.15, 0.2) is 48.5 Å². The number of hydrogen-bond donors (Lipinski definition) is 0. The van der Waals surface area contributed by atoms with Crippen molar-refractivity contribution in [2.24, 2.45) is 0 Å². The molecule has 114 valence electrons. The Balaban J connectivity index is 1.67. The molecule has 1 heterocycles. The van der Waals surface area contributed by atoms with Crippen LogP contribution in [0.5, 0.6) is 10.9 Å². The van der Waals surface area contributed by atoms with Gasteiger partial charge >= 0.3 is 0 Å². The van der Waals surface area contributed by atoms with E-state index in [9.17, 15) is 0 Å². The maximum atomic E-state index is 5.86. The number of rotatable bonds is 6. The Morgan fingerprint density at radius 1 is 1.09 bits per heavy atom. The van der Waals surface area contributed by atoms with Crippen molar-refractivity contribution < 1.29 is 4.74 Å². The third kappa shape index (κ3) is 3.64. The molecule has 0 atom stereocenters. The van der Waals surface area contributed by atoms with Crippen molar-refractivity contribution in [3.05, 3.63) is 54.1 Å². The standard InChI is InChI=1S/C18H20N2OS/c1-3-12-20(2)13-14-8-10-15(11-9-14)21-18-19-16-6-4-5-7-17(16)22-18/h4-11H,3,12-13H2,1-2H3. The topological polar surface area (TPSA) is 25.4 Å². The summed E-state index contributed by atoms with van der Waals surface area (Å²) in [5, 5.41) is 0.692. The molecule has 0 saturated heterocycles. The van der Waals surface area contributed by atoms with E-state index in [1.54, 1.807) is 11.3 Å². The number of fused-ring (bicyclic) bond motifs is 1. The van der Waals surface area contributed by atoms with Crippen LogP contribution in [0.25, 0.3) is 10.2 Å². The van der Waals surface area contributed by atoms with Crippen LogP contribution in [-0.2, 0) is 6.54 Å². The minimum absolute atomic E-state index is 0.692. The second kappa shape index (κ2) is 6.90. The normalized spacial score (nSPS) is 11.2. The monoisotopic (exact) mass is 312 g/mol. The Labute approximate surface area is 135 Å². The van der Waals surface area contributed by atoms with E-state index in [0.717, 1.165) is 29.1 Å². The van der Waals surface area contributed by atoms with E-state index in [0.29, 0.717) is 5.19 Å². The van der Waals surface area contributed by atoms with Gasteiger partial charge in [0.25, 0.3) is 5.19 Å². The highest BCUT2D eigenvalue weighted by Crippen LogP contribution is 2.31. The van der Waals surface area contributed by atoms with Crippen LogP contribution < -0.4 is 4.74 Å². The Hall–Kier alpha value is -1.91. The summed E-state index contributed by atoms with van der Waals surface area (Å²) >= 11 is 1.57. The summed E-state index contributed by atoms with van der Waals surface area (Å²) in [5.74, 6) is 0.834.